The van der Waals surface area contributed by atoms with Gasteiger partial charge in [-0.05, 0) is 12.5 Å². The number of fused-ring (bicyclic) bond motifs is 1. The molecule has 1 aromatic carbocycles. The molecule has 0 aliphatic carbocycles. The number of ketones is 1. The summed E-state index contributed by atoms with van der Waals surface area (Å²) in [5, 5.41) is 0. The van der Waals surface area contributed by atoms with E-state index in [9.17, 15) is 9.18 Å². The number of rotatable bonds is 1. The number of ether oxygens (including phenoxy) is 2. The van der Waals surface area contributed by atoms with Crippen molar-refractivity contribution in [3.05, 3.63) is 29.1 Å². The number of carbonyl (C=O) groups excluding carboxylic acids is 1. The summed E-state index contributed by atoms with van der Waals surface area (Å²) in [5.41, 5.74) is 0.808. The van der Waals surface area contributed by atoms with Gasteiger partial charge in [-0.25, -0.2) is 4.39 Å². The van der Waals surface area contributed by atoms with E-state index in [0.717, 1.165) is 0 Å². The number of Topliss-reactive ketones (excluding diaryl/α,β-unsaturated/α-hetero) is 1. The van der Waals surface area contributed by atoms with Gasteiger partial charge >= 0.3 is 0 Å². The molecule has 1 heterocycles. The largest absolute Gasteiger partial charge is 0.497 e. The molecule has 1 aliphatic heterocycles. The van der Waals surface area contributed by atoms with Gasteiger partial charge in [0.25, 0.3) is 0 Å². The minimum Gasteiger partial charge on any atom is -0.497 e. The monoisotopic (exact) mass is 210 g/mol. The van der Waals surface area contributed by atoms with Gasteiger partial charge in [-0.2, -0.15) is 0 Å². The number of hydrogen-bond donors (Lipinski definition) is 0. The fourth-order valence-corrected chi connectivity index (χ4v) is 1.65. The molecule has 1 aromatic rings. The highest BCUT2D eigenvalue weighted by atomic mass is 19.1. The maximum absolute atomic E-state index is 13.6. The second-order valence-corrected chi connectivity index (χ2v) is 3.36. The van der Waals surface area contributed by atoms with Crippen LogP contribution < -0.4 is 4.74 Å². The van der Waals surface area contributed by atoms with Crippen molar-refractivity contribution in [1.82, 2.24) is 0 Å². The number of halogens is 1. The van der Waals surface area contributed by atoms with Gasteiger partial charge in [0.05, 0.1) is 13.7 Å². The van der Waals surface area contributed by atoms with E-state index in [2.05, 4.69) is 0 Å². The summed E-state index contributed by atoms with van der Waals surface area (Å²) >= 11 is 0. The van der Waals surface area contributed by atoms with Crippen molar-refractivity contribution >= 4 is 5.78 Å². The Labute approximate surface area is 86.8 Å². The molecule has 0 N–H and O–H groups in total. The molecule has 0 aromatic heterocycles. The molecule has 0 bridgehead atoms. The zero-order chi connectivity index (χ0) is 10.8. The van der Waals surface area contributed by atoms with Crippen molar-refractivity contribution in [2.75, 3.05) is 20.3 Å². The first-order valence-electron chi connectivity index (χ1n) is 4.69. The normalized spacial score (nSPS) is 15.7. The van der Waals surface area contributed by atoms with E-state index in [1.54, 1.807) is 6.07 Å². The van der Waals surface area contributed by atoms with Gasteiger partial charge in [-0.15, -0.1) is 0 Å². The molecule has 0 spiro atoms. The van der Waals surface area contributed by atoms with Gasteiger partial charge < -0.3 is 9.47 Å². The van der Waals surface area contributed by atoms with E-state index >= 15 is 0 Å². The van der Waals surface area contributed by atoms with Crippen LogP contribution in [0.4, 0.5) is 4.39 Å². The average Bonchev–Trinajstić information content (AvgIpc) is 2.41. The molecule has 3 nitrogen and oxygen atoms in total. The van der Waals surface area contributed by atoms with E-state index in [1.807, 2.05) is 0 Å². The lowest BCUT2D eigenvalue weighted by atomic mass is 10.0. The smallest absolute Gasteiger partial charge is 0.188 e. The first-order valence-corrected chi connectivity index (χ1v) is 4.69. The SMILES string of the molecule is COc1cc(F)c2c(c1)C(=O)COCC2. The van der Waals surface area contributed by atoms with Crippen LogP contribution in [-0.4, -0.2) is 26.1 Å². The van der Waals surface area contributed by atoms with Crippen molar-refractivity contribution in [2.24, 2.45) is 0 Å². The van der Waals surface area contributed by atoms with Crippen LogP contribution in [0.2, 0.25) is 0 Å². The number of methoxy groups -OCH3 is 1. The molecular formula is C11H11FO3. The molecule has 4 heteroatoms. The van der Waals surface area contributed by atoms with Crippen LogP contribution in [0.1, 0.15) is 15.9 Å². The molecule has 1 aliphatic rings. The first kappa shape index (κ1) is 10.1. The highest BCUT2D eigenvalue weighted by molar-refractivity contribution is 5.99. The van der Waals surface area contributed by atoms with Crippen LogP contribution in [0.3, 0.4) is 0 Å². The van der Waals surface area contributed by atoms with Gasteiger partial charge in [0, 0.05) is 17.2 Å². The summed E-state index contributed by atoms with van der Waals surface area (Å²) in [7, 11) is 1.44. The highest BCUT2D eigenvalue weighted by Gasteiger charge is 2.20. The third-order valence-corrected chi connectivity index (χ3v) is 2.43. The van der Waals surface area contributed by atoms with Crippen LogP contribution in [0.25, 0.3) is 0 Å². The fourth-order valence-electron chi connectivity index (χ4n) is 1.65. The highest BCUT2D eigenvalue weighted by Crippen LogP contribution is 2.24. The van der Waals surface area contributed by atoms with E-state index in [0.29, 0.717) is 29.9 Å². The lowest BCUT2D eigenvalue weighted by molar-refractivity contribution is 0.0788. The lowest BCUT2D eigenvalue weighted by Gasteiger charge is -2.07. The molecular weight excluding hydrogens is 199 g/mol. The topological polar surface area (TPSA) is 35.5 Å². The summed E-state index contributed by atoms with van der Waals surface area (Å²) in [4.78, 5) is 11.6. The molecule has 0 saturated carbocycles. The molecule has 0 saturated heterocycles. The molecule has 0 atom stereocenters. The maximum Gasteiger partial charge on any atom is 0.188 e. The van der Waals surface area contributed by atoms with Gasteiger partial charge in [0.15, 0.2) is 5.78 Å². The third-order valence-electron chi connectivity index (χ3n) is 2.43. The average molecular weight is 210 g/mol. The van der Waals surface area contributed by atoms with E-state index in [4.69, 9.17) is 9.47 Å². The molecule has 0 fully saturated rings. The number of carbonyl (C=O) groups is 1. The minimum atomic E-state index is -0.400. The van der Waals surface area contributed by atoms with Gasteiger partial charge in [0.1, 0.15) is 18.2 Å². The van der Waals surface area contributed by atoms with Crippen LogP contribution >= 0.6 is 0 Å². The van der Waals surface area contributed by atoms with Crippen molar-refractivity contribution < 1.29 is 18.7 Å². The Balaban J connectivity index is 2.55. The Bertz CT molecular complexity index is 401. The molecule has 0 unspecified atom stereocenters. The number of hydrogen-bond acceptors (Lipinski definition) is 3. The van der Waals surface area contributed by atoms with Crippen molar-refractivity contribution in [3.8, 4) is 5.75 Å². The molecule has 80 valence electrons. The standard InChI is InChI=1S/C11H11FO3/c1-14-7-4-9-8(10(12)5-7)2-3-15-6-11(9)13/h4-5H,2-3,6H2,1H3. The van der Waals surface area contributed by atoms with Gasteiger partial charge in [0.2, 0.25) is 0 Å². The molecule has 0 amide bonds. The van der Waals surface area contributed by atoms with Gasteiger partial charge in [-0.1, -0.05) is 0 Å². The van der Waals surface area contributed by atoms with Crippen molar-refractivity contribution in [2.45, 2.75) is 6.42 Å². The van der Waals surface area contributed by atoms with Crippen molar-refractivity contribution in [1.29, 1.82) is 0 Å². The molecule has 15 heavy (non-hydrogen) atoms. The summed E-state index contributed by atoms with van der Waals surface area (Å²) in [5.74, 6) is -0.231. The first-order chi connectivity index (χ1) is 7.22. The van der Waals surface area contributed by atoms with Crippen LogP contribution in [0, 0.1) is 5.82 Å². The van der Waals surface area contributed by atoms with E-state index in [-0.39, 0.29) is 12.4 Å². The summed E-state index contributed by atoms with van der Waals surface area (Å²) < 4.78 is 23.6. The summed E-state index contributed by atoms with van der Waals surface area (Å²) in [6.45, 7) is 0.390. The van der Waals surface area contributed by atoms with E-state index in [1.165, 1.54) is 13.2 Å². The second kappa shape index (κ2) is 3.98. The maximum atomic E-state index is 13.6. The second-order valence-electron chi connectivity index (χ2n) is 3.36. The zero-order valence-corrected chi connectivity index (χ0v) is 8.38. The predicted octanol–water partition coefficient (Wildman–Crippen LogP) is 1.59. The fraction of sp³-hybridized carbons (Fsp3) is 0.364. The lowest BCUT2D eigenvalue weighted by Crippen LogP contribution is -2.07. The van der Waals surface area contributed by atoms with Crippen LogP contribution in [0.15, 0.2) is 12.1 Å². The quantitative estimate of drug-likeness (QED) is 0.706. The summed E-state index contributed by atoms with van der Waals surface area (Å²) in [6, 6.07) is 2.85. The molecule has 2 rings (SSSR count). The predicted molar refractivity (Wildman–Crippen MR) is 51.8 cm³/mol. The Kier molecular flexibility index (Phi) is 2.68. The summed E-state index contributed by atoms with van der Waals surface area (Å²) in [6.07, 6.45) is 0.427. The Hall–Kier alpha value is -1.42. The third kappa shape index (κ3) is 1.85. The van der Waals surface area contributed by atoms with Crippen molar-refractivity contribution in [3.63, 3.8) is 0 Å². The Morgan fingerprint density at radius 2 is 2.27 bits per heavy atom. The zero-order valence-electron chi connectivity index (χ0n) is 8.38. The number of benzene rings is 1. The Morgan fingerprint density at radius 3 is 3.00 bits per heavy atom. The van der Waals surface area contributed by atoms with E-state index < -0.39 is 5.82 Å². The van der Waals surface area contributed by atoms with Crippen LogP contribution in [-0.2, 0) is 11.2 Å². The van der Waals surface area contributed by atoms with Crippen LogP contribution in [0.5, 0.6) is 5.75 Å². The molecule has 0 radical (unpaired) electrons. The minimum absolute atomic E-state index is 0.0135. The Morgan fingerprint density at radius 1 is 1.47 bits per heavy atom. The van der Waals surface area contributed by atoms with Gasteiger partial charge in [-0.3, -0.25) is 4.79 Å².